The van der Waals surface area contributed by atoms with Crippen LogP contribution in [0.2, 0.25) is 0 Å². The number of hydrogen-bond donors (Lipinski definition) is 2. The van der Waals surface area contributed by atoms with Crippen molar-refractivity contribution < 1.29 is 22.9 Å². The molecule has 3 aromatic rings. The van der Waals surface area contributed by atoms with Crippen LogP contribution >= 0.6 is 0 Å². The van der Waals surface area contributed by atoms with Gasteiger partial charge in [-0.3, -0.25) is 14.3 Å². The molecule has 2 fully saturated rings. The lowest BCUT2D eigenvalue weighted by molar-refractivity contribution is -0.129. The maximum atomic E-state index is 14.2. The number of carbonyl (C=O) groups is 2. The van der Waals surface area contributed by atoms with Gasteiger partial charge in [-0.2, -0.15) is 5.10 Å². The van der Waals surface area contributed by atoms with Gasteiger partial charge in [-0.25, -0.2) is 8.78 Å². The van der Waals surface area contributed by atoms with Gasteiger partial charge in [0.2, 0.25) is 5.91 Å². The number of carbonyl (C=O) groups excluding carboxylic acids is 2. The molecule has 0 spiro atoms. The predicted octanol–water partition coefficient (Wildman–Crippen LogP) is 3.24. The van der Waals surface area contributed by atoms with Crippen molar-refractivity contribution in [1.82, 2.24) is 30.5 Å². The second kappa shape index (κ2) is 10.3. The summed E-state index contributed by atoms with van der Waals surface area (Å²) in [5.41, 5.74) is 0.182. The summed E-state index contributed by atoms with van der Waals surface area (Å²) in [5, 5.41) is 14.1. The number of likely N-dealkylation sites (tertiary alicyclic amines) is 1. The van der Waals surface area contributed by atoms with Crippen molar-refractivity contribution in [3.8, 4) is 11.3 Å². The fraction of sp³-hybridized carbons (Fsp3) is 0.481. The van der Waals surface area contributed by atoms with Crippen molar-refractivity contribution in [2.75, 3.05) is 19.6 Å². The molecular formula is C27H32F2N6O3. The Kier molecular flexibility index (Phi) is 7.04. The monoisotopic (exact) mass is 526 g/mol. The number of aryl methyl sites for hydroxylation is 1. The van der Waals surface area contributed by atoms with Crippen molar-refractivity contribution in [3.05, 3.63) is 59.6 Å². The largest absolute Gasteiger partial charge is 0.355 e. The molecule has 202 valence electrons. The van der Waals surface area contributed by atoms with Gasteiger partial charge in [-0.15, -0.1) is 0 Å². The number of benzene rings is 1. The molecule has 1 aromatic carbocycles. The number of hydrogen-bond acceptors (Lipinski definition) is 6. The summed E-state index contributed by atoms with van der Waals surface area (Å²) in [6.45, 7) is 6.09. The SMILES string of the molecule is Cn1cc(C(C)(C)NC(=O)[C@H]2CN(CC3CC3)CC[C@@H]2NC(=O)c2cc(-c3ccc(F)cc3F)on2)cn1. The van der Waals surface area contributed by atoms with Crippen LogP contribution in [0.1, 0.15) is 49.2 Å². The highest BCUT2D eigenvalue weighted by Crippen LogP contribution is 2.32. The molecule has 2 atom stereocenters. The molecule has 1 aliphatic carbocycles. The van der Waals surface area contributed by atoms with Crippen LogP contribution in [0.5, 0.6) is 0 Å². The number of piperidine rings is 1. The second-order valence-electron chi connectivity index (χ2n) is 10.9. The summed E-state index contributed by atoms with van der Waals surface area (Å²) in [6, 6.07) is 3.96. The third-order valence-electron chi connectivity index (χ3n) is 7.37. The van der Waals surface area contributed by atoms with Gasteiger partial charge in [0.25, 0.3) is 5.91 Å². The maximum absolute atomic E-state index is 14.2. The minimum absolute atomic E-state index is 0.00113. The molecule has 2 amide bonds. The van der Waals surface area contributed by atoms with Crippen molar-refractivity contribution in [2.45, 2.75) is 44.7 Å². The van der Waals surface area contributed by atoms with E-state index < -0.39 is 35.0 Å². The fourth-order valence-corrected chi connectivity index (χ4v) is 4.95. The zero-order chi connectivity index (χ0) is 27.0. The lowest BCUT2D eigenvalue weighted by Gasteiger charge is -2.39. The maximum Gasteiger partial charge on any atom is 0.273 e. The normalized spacial score (nSPS) is 20.3. The molecule has 2 aliphatic rings. The summed E-state index contributed by atoms with van der Waals surface area (Å²) in [4.78, 5) is 29.0. The summed E-state index contributed by atoms with van der Waals surface area (Å²) < 4.78 is 34.3. The van der Waals surface area contributed by atoms with Gasteiger partial charge in [-0.05, 0) is 51.2 Å². The van der Waals surface area contributed by atoms with E-state index in [1.165, 1.54) is 25.0 Å². The van der Waals surface area contributed by atoms with Crippen LogP contribution in [-0.2, 0) is 17.4 Å². The van der Waals surface area contributed by atoms with Gasteiger partial charge in [0.1, 0.15) is 11.6 Å². The number of rotatable bonds is 8. The van der Waals surface area contributed by atoms with E-state index in [-0.39, 0.29) is 22.9 Å². The van der Waals surface area contributed by atoms with Crippen LogP contribution in [0.4, 0.5) is 8.78 Å². The Hall–Kier alpha value is -3.60. The molecule has 1 saturated heterocycles. The van der Waals surface area contributed by atoms with E-state index >= 15 is 0 Å². The van der Waals surface area contributed by atoms with E-state index in [1.54, 1.807) is 10.9 Å². The van der Waals surface area contributed by atoms with Gasteiger partial charge < -0.3 is 20.1 Å². The molecule has 9 nitrogen and oxygen atoms in total. The van der Waals surface area contributed by atoms with Crippen LogP contribution in [0.15, 0.2) is 41.2 Å². The highest BCUT2D eigenvalue weighted by atomic mass is 19.1. The number of nitrogens with one attached hydrogen (secondary N) is 2. The first-order chi connectivity index (χ1) is 18.1. The number of amides is 2. The molecule has 2 aromatic heterocycles. The van der Waals surface area contributed by atoms with E-state index in [4.69, 9.17) is 4.52 Å². The number of aromatic nitrogens is 3. The van der Waals surface area contributed by atoms with Crippen molar-refractivity contribution in [2.24, 2.45) is 18.9 Å². The van der Waals surface area contributed by atoms with Crippen LogP contribution in [-0.4, -0.2) is 57.3 Å². The Balaban J connectivity index is 1.31. The van der Waals surface area contributed by atoms with Gasteiger partial charge in [0.05, 0.1) is 23.2 Å². The van der Waals surface area contributed by atoms with E-state index in [2.05, 4.69) is 25.8 Å². The Morgan fingerprint density at radius 3 is 2.66 bits per heavy atom. The third kappa shape index (κ3) is 5.77. The quantitative estimate of drug-likeness (QED) is 0.467. The summed E-state index contributed by atoms with van der Waals surface area (Å²) in [5.74, 6) is -2.00. The molecule has 11 heteroatoms. The average molecular weight is 527 g/mol. The molecule has 5 rings (SSSR count). The third-order valence-corrected chi connectivity index (χ3v) is 7.37. The van der Waals surface area contributed by atoms with Gasteiger partial charge in [0.15, 0.2) is 11.5 Å². The molecule has 38 heavy (non-hydrogen) atoms. The number of nitrogens with zero attached hydrogens (tertiary/aromatic N) is 4. The standard InChI is InChI=1S/C27H32F2N6O3/c1-27(2,17-12-30-34(3)14-17)32-25(36)20-15-35(13-16-4-5-16)9-8-22(20)31-26(37)23-11-24(38-33-23)19-7-6-18(28)10-21(19)29/h6-7,10-12,14,16,20,22H,4-5,8-9,13,15H2,1-3H3,(H,31,37)(H,32,36)/t20-,22-/m0/s1. The molecule has 0 bridgehead atoms. The van der Waals surface area contributed by atoms with Gasteiger partial charge >= 0.3 is 0 Å². The van der Waals surface area contributed by atoms with Crippen molar-refractivity contribution in [1.29, 1.82) is 0 Å². The lowest BCUT2D eigenvalue weighted by Crippen LogP contribution is -2.58. The van der Waals surface area contributed by atoms with Gasteiger partial charge in [-0.1, -0.05) is 5.16 Å². The first-order valence-corrected chi connectivity index (χ1v) is 12.9. The Morgan fingerprint density at radius 1 is 1.18 bits per heavy atom. The fourth-order valence-electron chi connectivity index (χ4n) is 4.95. The molecule has 0 unspecified atom stereocenters. The van der Waals surface area contributed by atoms with E-state index in [0.29, 0.717) is 18.9 Å². The molecule has 1 saturated carbocycles. The van der Waals surface area contributed by atoms with E-state index in [0.717, 1.165) is 30.8 Å². The van der Waals surface area contributed by atoms with Crippen LogP contribution < -0.4 is 10.6 Å². The topological polar surface area (TPSA) is 105 Å². The Morgan fingerprint density at radius 2 is 1.97 bits per heavy atom. The minimum Gasteiger partial charge on any atom is -0.355 e. The first kappa shape index (κ1) is 26.0. The summed E-state index contributed by atoms with van der Waals surface area (Å²) in [6.07, 6.45) is 6.62. The zero-order valence-corrected chi connectivity index (χ0v) is 21.7. The van der Waals surface area contributed by atoms with Crippen LogP contribution in [0.3, 0.4) is 0 Å². The molecule has 1 aliphatic heterocycles. The summed E-state index contributed by atoms with van der Waals surface area (Å²) in [7, 11) is 1.82. The first-order valence-electron chi connectivity index (χ1n) is 12.9. The zero-order valence-electron chi connectivity index (χ0n) is 21.7. The van der Waals surface area contributed by atoms with E-state index in [1.807, 2.05) is 27.1 Å². The van der Waals surface area contributed by atoms with E-state index in [9.17, 15) is 18.4 Å². The molecule has 0 radical (unpaired) electrons. The molecular weight excluding hydrogens is 494 g/mol. The Labute approximate surface area is 219 Å². The lowest BCUT2D eigenvalue weighted by atomic mass is 9.88. The minimum atomic E-state index is -0.816. The van der Waals surface area contributed by atoms with Crippen LogP contribution in [0.25, 0.3) is 11.3 Å². The summed E-state index contributed by atoms with van der Waals surface area (Å²) >= 11 is 0. The van der Waals surface area contributed by atoms with Crippen LogP contribution in [0, 0.1) is 23.5 Å². The molecule has 2 N–H and O–H groups in total. The predicted molar refractivity (Wildman–Crippen MR) is 135 cm³/mol. The smallest absolute Gasteiger partial charge is 0.273 e. The number of halogens is 2. The second-order valence-corrected chi connectivity index (χ2v) is 10.9. The van der Waals surface area contributed by atoms with Crippen molar-refractivity contribution >= 4 is 11.8 Å². The highest BCUT2D eigenvalue weighted by molar-refractivity contribution is 5.94. The van der Waals surface area contributed by atoms with Crippen molar-refractivity contribution in [3.63, 3.8) is 0 Å². The highest BCUT2D eigenvalue weighted by Gasteiger charge is 2.39. The average Bonchev–Trinajstić information content (AvgIpc) is 3.33. The Bertz CT molecular complexity index is 1330. The van der Waals surface area contributed by atoms with Gasteiger partial charge in [0, 0.05) is 56.6 Å². The molecule has 3 heterocycles.